The molecular formula is C22H27N5O4. The first-order chi connectivity index (χ1) is 15.2. The Kier molecular flexibility index (Phi) is 6.76. The molecule has 0 radical (unpaired) electrons. The second-order valence-corrected chi connectivity index (χ2v) is 7.38. The van der Waals surface area contributed by atoms with Gasteiger partial charge in [0.25, 0.3) is 0 Å². The fraction of sp³-hybridized carbons (Fsp3) is 0.409. The number of hydrogen-bond donors (Lipinski definition) is 3. The van der Waals surface area contributed by atoms with Crippen LogP contribution in [0.15, 0.2) is 36.5 Å². The van der Waals surface area contributed by atoms with Crippen LogP contribution in [-0.2, 0) is 19.1 Å². The van der Waals surface area contributed by atoms with Crippen LogP contribution in [-0.4, -0.2) is 60.9 Å². The first-order valence-corrected chi connectivity index (χ1v) is 10.5. The number of ether oxygens (including phenoxy) is 2. The second kappa shape index (κ2) is 9.86. The highest BCUT2D eigenvalue weighted by Crippen LogP contribution is 2.34. The van der Waals surface area contributed by atoms with Gasteiger partial charge in [-0.1, -0.05) is 0 Å². The summed E-state index contributed by atoms with van der Waals surface area (Å²) in [6.45, 7) is 3.35. The van der Waals surface area contributed by atoms with Crippen molar-refractivity contribution in [1.29, 1.82) is 0 Å². The van der Waals surface area contributed by atoms with E-state index < -0.39 is 6.04 Å². The number of hydrogen-bond acceptors (Lipinski definition) is 7. The predicted molar refractivity (Wildman–Crippen MR) is 118 cm³/mol. The molecule has 1 aliphatic rings. The number of pyridine rings is 1. The zero-order chi connectivity index (χ0) is 21.6. The first-order valence-electron chi connectivity index (χ1n) is 10.5. The highest BCUT2D eigenvalue weighted by molar-refractivity contribution is 6.09. The molecule has 1 atom stereocenters. The van der Waals surface area contributed by atoms with Crippen molar-refractivity contribution in [2.24, 2.45) is 5.73 Å². The third kappa shape index (κ3) is 4.68. The summed E-state index contributed by atoms with van der Waals surface area (Å²) in [4.78, 5) is 28.6. The van der Waals surface area contributed by atoms with E-state index in [-0.39, 0.29) is 11.8 Å². The molecule has 1 aliphatic heterocycles. The summed E-state index contributed by atoms with van der Waals surface area (Å²) in [7, 11) is 0. The summed E-state index contributed by atoms with van der Waals surface area (Å²) >= 11 is 0. The molecular weight excluding hydrogens is 398 g/mol. The molecule has 164 valence electrons. The van der Waals surface area contributed by atoms with Gasteiger partial charge in [0.1, 0.15) is 11.7 Å². The smallest absolute Gasteiger partial charge is 0.249 e. The molecule has 3 heterocycles. The average Bonchev–Trinajstić information content (AvgIpc) is 3.09. The van der Waals surface area contributed by atoms with Gasteiger partial charge in [-0.3, -0.25) is 14.9 Å². The van der Waals surface area contributed by atoms with E-state index in [4.69, 9.17) is 15.2 Å². The number of nitrogens with two attached hydrogens (primary N) is 1. The van der Waals surface area contributed by atoms with Crippen LogP contribution in [0.2, 0.25) is 0 Å². The van der Waals surface area contributed by atoms with Gasteiger partial charge in [-0.2, -0.15) is 0 Å². The van der Waals surface area contributed by atoms with Gasteiger partial charge in [0.2, 0.25) is 11.8 Å². The Morgan fingerprint density at radius 3 is 2.77 bits per heavy atom. The number of carbonyl (C=O) groups excluding carboxylic acids is 2. The van der Waals surface area contributed by atoms with Crippen LogP contribution in [0.25, 0.3) is 21.9 Å². The molecule has 0 spiro atoms. The van der Waals surface area contributed by atoms with E-state index in [1.54, 1.807) is 6.20 Å². The number of rotatable bonds is 10. The molecule has 1 saturated heterocycles. The van der Waals surface area contributed by atoms with Crippen LogP contribution >= 0.6 is 0 Å². The standard InChI is InChI=1S/C22H27N5O4/c23-7-10-30-12-13-31-11-9-24-15-3-4-18-17(14-15)16-2-1-8-25-21(16)27(18)19-5-6-20(28)26-22(19)29/h1-4,8,14,19,24H,5-7,9-13,23H2,(H,26,28,29). The third-order valence-corrected chi connectivity index (χ3v) is 5.29. The fourth-order valence-corrected chi connectivity index (χ4v) is 3.90. The van der Waals surface area contributed by atoms with Crippen LogP contribution in [0.4, 0.5) is 5.69 Å². The maximum atomic E-state index is 12.5. The quantitative estimate of drug-likeness (QED) is 0.333. The number of anilines is 1. The van der Waals surface area contributed by atoms with E-state index in [0.717, 1.165) is 27.6 Å². The van der Waals surface area contributed by atoms with E-state index in [9.17, 15) is 9.59 Å². The number of nitrogens with one attached hydrogen (secondary N) is 2. The van der Waals surface area contributed by atoms with Crippen LogP contribution in [0.5, 0.6) is 0 Å². The van der Waals surface area contributed by atoms with Crippen molar-refractivity contribution < 1.29 is 19.1 Å². The normalized spacial score (nSPS) is 16.7. The number of benzene rings is 1. The minimum Gasteiger partial charge on any atom is -0.383 e. The van der Waals surface area contributed by atoms with Gasteiger partial charge in [0.15, 0.2) is 0 Å². The number of nitrogens with zero attached hydrogens (tertiary/aromatic N) is 2. The molecule has 1 fully saturated rings. The van der Waals surface area contributed by atoms with Crippen molar-refractivity contribution in [3.8, 4) is 0 Å². The molecule has 4 rings (SSSR count). The first kappa shape index (κ1) is 21.2. The number of carbonyl (C=O) groups is 2. The lowest BCUT2D eigenvalue weighted by atomic mass is 10.1. The predicted octanol–water partition coefficient (Wildman–Crippen LogP) is 1.57. The molecule has 3 aromatic rings. The molecule has 0 saturated carbocycles. The van der Waals surface area contributed by atoms with E-state index in [1.165, 1.54) is 0 Å². The monoisotopic (exact) mass is 425 g/mol. The second-order valence-electron chi connectivity index (χ2n) is 7.38. The molecule has 31 heavy (non-hydrogen) atoms. The summed E-state index contributed by atoms with van der Waals surface area (Å²) in [5, 5.41) is 7.79. The van der Waals surface area contributed by atoms with Crippen LogP contribution in [0, 0.1) is 0 Å². The van der Waals surface area contributed by atoms with Crippen molar-refractivity contribution in [3.63, 3.8) is 0 Å². The van der Waals surface area contributed by atoms with E-state index in [0.29, 0.717) is 52.4 Å². The average molecular weight is 425 g/mol. The number of amides is 2. The van der Waals surface area contributed by atoms with Crippen molar-refractivity contribution in [1.82, 2.24) is 14.9 Å². The molecule has 4 N–H and O–H groups in total. The van der Waals surface area contributed by atoms with Crippen LogP contribution in [0.1, 0.15) is 18.9 Å². The Bertz CT molecular complexity index is 1080. The Morgan fingerprint density at radius 1 is 1.13 bits per heavy atom. The largest absolute Gasteiger partial charge is 0.383 e. The van der Waals surface area contributed by atoms with Gasteiger partial charge in [0, 0.05) is 42.2 Å². The molecule has 1 aromatic carbocycles. The Labute approximate surface area is 179 Å². The van der Waals surface area contributed by atoms with Crippen LogP contribution < -0.4 is 16.4 Å². The summed E-state index contributed by atoms with van der Waals surface area (Å²) in [6, 6.07) is 9.46. The topological polar surface area (TPSA) is 120 Å². The molecule has 2 aromatic heterocycles. The minimum absolute atomic E-state index is 0.227. The van der Waals surface area contributed by atoms with Gasteiger partial charge in [0.05, 0.1) is 31.9 Å². The lowest BCUT2D eigenvalue weighted by molar-refractivity contribution is -0.135. The zero-order valence-electron chi connectivity index (χ0n) is 17.3. The fourth-order valence-electron chi connectivity index (χ4n) is 3.90. The maximum absolute atomic E-state index is 12.5. The van der Waals surface area contributed by atoms with Crippen molar-refractivity contribution >= 4 is 39.4 Å². The summed E-state index contributed by atoms with van der Waals surface area (Å²) in [6.07, 6.45) is 2.51. The summed E-state index contributed by atoms with van der Waals surface area (Å²) < 4.78 is 12.8. The Balaban J connectivity index is 1.50. The third-order valence-electron chi connectivity index (χ3n) is 5.29. The van der Waals surface area contributed by atoms with Gasteiger partial charge < -0.3 is 25.1 Å². The highest BCUT2D eigenvalue weighted by atomic mass is 16.5. The molecule has 2 amide bonds. The number of fused-ring (bicyclic) bond motifs is 3. The Morgan fingerprint density at radius 2 is 1.97 bits per heavy atom. The lowest BCUT2D eigenvalue weighted by Gasteiger charge is -2.23. The van der Waals surface area contributed by atoms with Crippen molar-refractivity contribution in [3.05, 3.63) is 36.5 Å². The highest BCUT2D eigenvalue weighted by Gasteiger charge is 2.30. The van der Waals surface area contributed by atoms with Crippen molar-refractivity contribution in [2.75, 3.05) is 44.8 Å². The van der Waals surface area contributed by atoms with Gasteiger partial charge in [-0.25, -0.2) is 4.98 Å². The minimum atomic E-state index is -0.457. The number of aromatic nitrogens is 2. The summed E-state index contributed by atoms with van der Waals surface area (Å²) in [5.41, 5.74) is 7.99. The van der Waals surface area contributed by atoms with Crippen molar-refractivity contribution in [2.45, 2.75) is 18.9 Å². The molecule has 0 bridgehead atoms. The van der Waals surface area contributed by atoms with E-state index in [2.05, 4.69) is 21.7 Å². The zero-order valence-corrected chi connectivity index (χ0v) is 17.3. The van der Waals surface area contributed by atoms with Crippen LogP contribution in [0.3, 0.4) is 0 Å². The number of piperidine rings is 1. The van der Waals surface area contributed by atoms with E-state index >= 15 is 0 Å². The molecule has 0 aliphatic carbocycles. The number of imide groups is 1. The maximum Gasteiger partial charge on any atom is 0.249 e. The Hall–Kier alpha value is -3.01. The summed E-state index contributed by atoms with van der Waals surface area (Å²) in [5.74, 6) is -0.509. The lowest BCUT2D eigenvalue weighted by Crippen LogP contribution is -2.41. The van der Waals surface area contributed by atoms with Gasteiger partial charge >= 0.3 is 0 Å². The SMILES string of the molecule is NCCOCCOCCNc1ccc2c(c1)c1cccnc1n2C1CCC(=O)NC1=O. The molecule has 9 heteroatoms. The molecule has 9 nitrogen and oxygen atoms in total. The van der Waals surface area contributed by atoms with Gasteiger partial charge in [-0.05, 0) is 36.8 Å². The van der Waals surface area contributed by atoms with Gasteiger partial charge in [-0.15, -0.1) is 0 Å². The van der Waals surface area contributed by atoms with E-state index in [1.807, 2.05) is 28.8 Å². The molecule has 1 unspecified atom stereocenters.